The van der Waals surface area contributed by atoms with Crippen molar-refractivity contribution in [3.05, 3.63) is 41.3 Å². The Bertz CT molecular complexity index is 793. The van der Waals surface area contributed by atoms with Crippen molar-refractivity contribution in [2.24, 2.45) is 0 Å². The molecule has 0 atom stereocenters. The first-order valence-corrected chi connectivity index (χ1v) is 6.53. The number of pyridine rings is 1. The highest BCUT2D eigenvalue weighted by molar-refractivity contribution is 9.10. The van der Waals surface area contributed by atoms with Crippen LogP contribution in [-0.4, -0.2) is 15.0 Å². The molecule has 100 valence electrons. The van der Waals surface area contributed by atoms with Gasteiger partial charge in [0, 0.05) is 16.1 Å². The molecule has 0 spiro atoms. The van der Waals surface area contributed by atoms with Crippen LogP contribution in [0.3, 0.4) is 0 Å². The summed E-state index contributed by atoms with van der Waals surface area (Å²) in [4.78, 5) is 12.1. The monoisotopic (exact) mass is 331 g/mol. The highest BCUT2D eigenvalue weighted by Crippen LogP contribution is 2.34. The summed E-state index contributed by atoms with van der Waals surface area (Å²) in [5, 5.41) is 0.936. The molecule has 0 fully saturated rings. The van der Waals surface area contributed by atoms with Gasteiger partial charge >= 0.3 is 0 Å². The van der Waals surface area contributed by atoms with Crippen molar-refractivity contribution in [2.75, 3.05) is 11.5 Å². The van der Waals surface area contributed by atoms with E-state index in [0.29, 0.717) is 11.3 Å². The van der Waals surface area contributed by atoms with E-state index in [9.17, 15) is 0 Å². The van der Waals surface area contributed by atoms with Crippen LogP contribution in [-0.2, 0) is 0 Å². The minimum Gasteiger partial charge on any atom is -0.435 e. The molecular formula is C13H10BrN5O. The fraction of sp³-hybridized carbons (Fsp3) is 0. The number of rotatable bonds is 2. The van der Waals surface area contributed by atoms with Crippen molar-refractivity contribution >= 4 is 38.3 Å². The fourth-order valence-corrected chi connectivity index (χ4v) is 2.22. The molecule has 0 amide bonds. The first-order valence-electron chi connectivity index (χ1n) is 5.74. The van der Waals surface area contributed by atoms with Crippen molar-refractivity contribution in [3.8, 4) is 11.6 Å². The zero-order valence-corrected chi connectivity index (χ0v) is 11.8. The van der Waals surface area contributed by atoms with Gasteiger partial charge in [0.05, 0.1) is 0 Å². The van der Waals surface area contributed by atoms with Crippen LogP contribution in [0.4, 0.5) is 11.5 Å². The Morgan fingerprint density at radius 3 is 2.75 bits per heavy atom. The lowest BCUT2D eigenvalue weighted by molar-refractivity contribution is 0.469. The van der Waals surface area contributed by atoms with E-state index in [2.05, 4.69) is 30.9 Å². The van der Waals surface area contributed by atoms with Gasteiger partial charge in [-0.2, -0.15) is 4.98 Å². The molecule has 1 aromatic carbocycles. The summed E-state index contributed by atoms with van der Waals surface area (Å²) >= 11 is 3.48. The summed E-state index contributed by atoms with van der Waals surface area (Å²) in [6.45, 7) is 0. The summed E-state index contributed by atoms with van der Waals surface area (Å²) in [6, 6.07) is 7.46. The normalized spacial score (nSPS) is 10.7. The lowest BCUT2D eigenvalue weighted by Gasteiger charge is -2.10. The van der Waals surface area contributed by atoms with Gasteiger partial charge in [-0.05, 0) is 18.2 Å². The second-order valence-electron chi connectivity index (χ2n) is 4.02. The van der Waals surface area contributed by atoms with Gasteiger partial charge in [-0.25, -0.2) is 4.98 Å². The minimum atomic E-state index is 0.185. The zero-order valence-electron chi connectivity index (χ0n) is 10.2. The van der Waals surface area contributed by atoms with Gasteiger partial charge in [-0.1, -0.05) is 22.0 Å². The number of halogens is 1. The molecule has 7 heteroatoms. The van der Waals surface area contributed by atoms with Crippen molar-refractivity contribution in [2.45, 2.75) is 0 Å². The summed E-state index contributed by atoms with van der Waals surface area (Å²) in [7, 11) is 0. The van der Waals surface area contributed by atoms with Gasteiger partial charge in [0.2, 0.25) is 5.88 Å². The van der Waals surface area contributed by atoms with Gasteiger partial charge < -0.3 is 16.2 Å². The molecule has 0 aliphatic heterocycles. The fourth-order valence-electron chi connectivity index (χ4n) is 1.77. The molecule has 0 bridgehead atoms. The van der Waals surface area contributed by atoms with Gasteiger partial charge in [0.25, 0.3) is 0 Å². The molecule has 0 unspecified atom stereocenters. The minimum absolute atomic E-state index is 0.185. The SMILES string of the molecule is Nc1ncnc(Oc2ccc(Br)c3cccnc23)c1N. The molecule has 6 nitrogen and oxygen atoms in total. The molecular weight excluding hydrogens is 322 g/mol. The number of nitrogens with zero attached hydrogens (tertiary/aromatic N) is 3. The van der Waals surface area contributed by atoms with Crippen molar-refractivity contribution in [3.63, 3.8) is 0 Å². The number of hydrogen-bond acceptors (Lipinski definition) is 6. The zero-order chi connectivity index (χ0) is 14.1. The molecule has 0 radical (unpaired) electrons. The van der Waals surface area contributed by atoms with Crippen LogP contribution in [0.25, 0.3) is 10.9 Å². The first kappa shape index (κ1) is 12.6. The molecule has 2 aromatic heterocycles. The predicted octanol–water partition coefficient (Wildman–Crippen LogP) is 2.74. The predicted molar refractivity (Wildman–Crippen MR) is 80.4 cm³/mol. The smallest absolute Gasteiger partial charge is 0.248 e. The van der Waals surface area contributed by atoms with Gasteiger partial charge in [-0.3, -0.25) is 4.98 Å². The molecule has 0 saturated heterocycles. The molecule has 2 heterocycles. The third-order valence-electron chi connectivity index (χ3n) is 2.76. The van der Waals surface area contributed by atoms with Crippen LogP contribution >= 0.6 is 15.9 Å². The summed E-state index contributed by atoms with van der Waals surface area (Å²) < 4.78 is 6.65. The summed E-state index contributed by atoms with van der Waals surface area (Å²) in [5.74, 6) is 0.949. The number of hydrogen-bond donors (Lipinski definition) is 2. The van der Waals surface area contributed by atoms with E-state index in [1.54, 1.807) is 12.3 Å². The van der Waals surface area contributed by atoms with E-state index in [-0.39, 0.29) is 17.4 Å². The number of aromatic nitrogens is 3. The molecule has 0 aliphatic carbocycles. The molecule has 3 rings (SSSR count). The van der Waals surface area contributed by atoms with E-state index < -0.39 is 0 Å². The highest BCUT2D eigenvalue weighted by atomic mass is 79.9. The quantitative estimate of drug-likeness (QED) is 0.748. The third kappa shape index (κ3) is 2.12. The van der Waals surface area contributed by atoms with Crippen LogP contribution in [0.2, 0.25) is 0 Å². The Kier molecular flexibility index (Phi) is 3.11. The third-order valence-corrected chi connectivity index (χ3v) is 3.46. The van der Waals surface area contributed by atoms with E-state index in [0.717, 1.165) is 9.86 Å². The van der Waals surface area contributed by atoms with Crippen molar-refractivity contribution in [1.29, 1.82) is 0 Å². The molecule has 4 N–H and O–H groups in total. The molecule has 20 heavy (non-hydrogen) atoms. The average molecular weight is 332 g/mol. The number of anilines is 2. The van der Waals surface area contributed by atoms with Crippen LogP contribution < -0.4 is 16.2 Å². The van der Waals surface area contributed by atoms with E-state index >= 15 is 0 Å². The number of benzene rings is 1. The topological polar surface area (TPSA) is 99.9 Å². The standard InChI is InChI=1S/C13H10BrN5O/c14-8-3-4-9(11-7(8)2-1-5-17-11)20-13-10(15)12(16)18-6-19-13/h1-6H,15H2,(H2,16,18,19). The summed E-state index contributed by atoms with van der Waals surface area (Å²) in [5.41, 5.74) is 12.3. The maximum atomic E-state index is 5.80. The molecule has 0 aliphatic rings. The Morgan fingerprint density at radius 2 is 1.90 bits per heavy atom. The average Bonchev–Trinajstić information content (AvgIpc) is 2.47. The second-order valence-corrected chi connectivity index (χ2v) is 4.88. The summed E-state index contributed by atoms with van der Waals surface area (Å²) in [6.07, 6.45) is 2.99. The Morgan fingerprint density at radius 1 is 1.05 bits per heavy atom. The van der Waals surface area contributed by atoms with Crippen LogP contribution in [0.15, 0.2) is 41.3 Å². The van der Waals surface area contributed by atoms with E-state index in [4.69, 9.17) is 16.2 Å². The number of nitrogens with two attached hydrogens (primary N) is 2. The number of ether oxygens (including phenoxy) is 1. The Balaban J connectivity index is 2.12. The van der Waals surface area contributed by atoms with Crippen LogP contribution in [0.5, 0.6) is 11.6 Å². The molecule has 0 saturated carbocycles. The highest BCUT2D eigenvalue weighted by Gasteiger charge is 2.11. The Labute approximate surface area is 122 Å². The largest absolute Gasteiger partial charge is 0.435 e. The lowest BCUT2D eigenvalue weighted by Crippen LogP contribution is -2.02. The van der Waals surface area contributed by atoms with Crippen LogP contribution in [0.1, 0.15) is 0 Å². The first-order chi connectivity index (χ1) is 9.66. The van der Waals surface area contributed by atoms with Crippen LogP contribution in [0, 0.1) is 0 Å². The van der Waals surface area contributed by atoms with E-state index in [1.165, 1.54) is 6.33 Å². The second kappa shape index (κ2) is 4.93. The van der Waals surface area contributed by atoms with Crippen molar-refractivity contribution in [1.82, 2.24) is 15.0 Å². The maximum Gasteiger partial charge on any atom is 0.248 e. The Hall–Kier alpha value is -2.41. The molecule has 3 aromatic rings. The van der Waals surface area contributed by atoms with Gasteiger partial charge in [0.15, 0.2) is 11.6 Å². The lowest BCUT2D eigenvalue weighted by atomic mass is 10.2. The van der Waals surface area contributed by atoms with Crippen molar-refractivity contribution < 1.29 is 4.74 Å². The van der Waals surface area contributed by atoms with Gasteiger partial charge in [0.1, 0.15) is 17.5 Å². The number of nitrogen functional groups attached to an aromatic ring is 2. The number of fused-ring (bicyclic) bond motifs is 1. The van der Waals surface area contributed by atoms with E-state index in [1.807, 2.05) is 18.2 Å². The maximum absolute atomic E-state index is 5.80. The van der Waals surface area contributed by atoms with Gasteiger partial charge in [-0.15, -0.1) is 0 Å².